The lowest BCUT2D eigenvalue weighted by Gasteiger charge is -2.42. The highest BCUT2D eigenvalue weighted by Gasteiger charge is 2.52. The predicted molar refractivity (Wildman–Crippen MR) is 480 cm³/mol. The number of nitrogens with two attached hydrogens (primary N) is 3. The van der Waals surface area contributed by atoms with E-state index in [0.29, 0.717) is 28.5 Å². The number of aromatic hydroxyl groups is 3. The Labute approximate surface area is 779 Å². The van der Waals surface area contributed by atoms with Gasteiger partial charge in [-0.05, 0) is 112 Å². The zero-order valence-electron chi connectivity index (χ0n) is 75.4. The number of aliphatic hydroxyl groups excluding tert-OH is 2. The first-order chi connectivity index (χ1) is 64.8. The largest absolute Gasteiger partial charge is 0.508 e. The first-order valence-electron chi connectivity index (χ1n) is 44.9. The number of imidazole rings is 1. The van der Waals surface area contributed by atoms with Crippen LogP contribution >= 0.6 is 0 Å². The van der Waals surface area contributed by atoms with Crippen LogP contribution in [0, 0.1) is 11.3 Å². The van der Waals surface area contributed by atoms with Crippen LogP contribution in [-0.2, 0) is 107 Å². The van der Waals surface area contributed by atoms with Gasteiger partial charge in [-0.25, -0.2) is 4.98 Å². The van der Waals surface area contributed by atoms with E-state index in [1.165, 1.54) is 73.8 Å². The molecule has 136 heavy (non-hydrogen) atoms. The second-order valence-corrected chi connectivity index (χ2v) is 34.8. The minimum atomic E-state index is -2.58. The number of aliphatic hydroxyl groups is 3. The van der Waals surface area contributed by atoms with Gasteiger partial charge in [0.05, 0.1) is 55.3 Å². The number of nitrogens with one attached hydrogen (secondary N) is 14. The molecule has 5 heterocycles. The molecule has 2 aromatic heterocycles. The molecule has 0 spiro atoms. The van der Waals surface area contributed by atoms with Gasteiger partial charge in [0, 0.05) is 130 Å². The lowest BCUT2D eigenvalue weighted by Crippen LogP contribution is -2.61. The Balaban J connectivity index is 0.786. The Morgan fingerprint density at radius 3 is 2.01 bits per heavy atom. The molecule has 26 N–H and O–H groups in total. The van der Waals surface area contributed by atoms with Gasteiger partial charge in [-0.1, -0.05) is 56.3 Å². The zero-order chi connectivity index (χ0) is 98.5. The number of phenols is 3. The number of carbonyl (C=O) groups is 16. The van der Waals surface area contributed by atoms with Crippen LogP contribution in [0.15, 0.2) is 85.3 Å². The number of H-pyrrole nitrogens is 2. The summed E-state index contributed by atoms with van der Waals surface area (Å²) in [7, 11) is 1.26. The number of amides is 12. The van der Waals surface area contributed by atoms with Crippen molar-refractivity contribution in [2.24, 2.45) is 23.1 Å². The summed E-state index contributed by atoms with van der Waals surface area (Å²) in [4.78, 5) is 236. The van der Waals surface area contributed by atoms with E-state index in [2.05, 4.69) is 73.4 Å². The maximum atomic E-state index is 15.3. The maximum Gasteiger partial charge on any atom is 0.306 e. The van der Waals surface area contributed by atoms with Crippen LogP contribution in [0.3, 0.4) is 0 Å². The number of aromatic nitrogens is 3. The van der Waals surface area contributed by atoms with Gasteiger partial charge in [0.2, 0.25) is 82.5 Å². The molecule has 15 atom stereocenters. The van der Waals surface area contributed by atoms with Crippen LogP contribution in [0.25, 0.3) is 10.9 Å². The number of phenolic OH excluding ortho intramolecular Hbond substituents is 3. The maximum absolute atomic E-state index is 15.3. The molecule has 0 bridgehead atoms. The Morgan fingerprint density at radius 1 is 0.691 bits per heavy atom. The molecule has 45 heteroatoms. The molecule has 12 amide bonds. The third-order valence-electron chi connectivity index (χ3n) is 24.4. The van der Waals surface area contributed by atoms with Crippen LogP contribution in [-0.4, -0.2) is 282 Å². The van der Waals surface area contributed by atoms with Crippen molar-refractivity contribution in [3.05, 3.63) is 136 Å². The molecule has 4 unspecified atom stereocenters. The van der Waals surface area contributed by atoms with Gasteiger partial charge in [0.25, 0.3) is 0 Å². The van der Waals surface area contributed by atoms with Gasteiger partial charge in [0.15, 0.2) is 24.6 Å². The van der Waals surface area contributed by atoms with E-state index in [-0.39, 0.29) is 167 Å². The third-order valence-corrected chi connectivity index (χ3v) is 24.4. The van der Waals surface area contributed by atoms with Crippen molar-refractivity contribution >= 4 is 111 Å². The van der Waals surface area contributed by atoms with E-state index in [1.807, 2.05) is 0 Å². The Bertz CT molecular complexity index is 5450. The number of aromatic amines is 2. The molecule has 4 aromatic carbocycles. The van der Waals surface area contributed by atoms with Gasteiger partial charge < -0.3 is 140 Å². The van der Waals surface area contributed by atoms with E-state index in [9.17, 15) is 97.8 Å². The number of benzene rings is 4. The molecule has 2 aliphatic carbocycles. The number of hydrogen-bond acceptors (Lipinski definition) is 29. The predicted octanol–water partition coefficient (Wildman–Crippen LogP) is -2.79. The summed E-state index contributed by atoms with van der Waals surface area (Å²) < 4.78 is 22.9. The van der Waals surface area contributed by atoms with E-state index in [0.717, 1.165) is 0 Å². The molecular weight excluding hydrogens is 1780 g/mol. The Hall–Kier alpha value is -14.0. The number of guanidine groups is 1. The standard InChI is InChI=1S/C91H117N19O26/c1-44(2)33-57(83(125)104-56(17-11-29-99-90(94)95)89(131)110-32-12-18-62(110)88(130)101-41-66(93)114)105-81(123)54(16-7-8-28-98-68(115)20-10-21-70(117)134-43-65(113)91(132)38-51-73(64(39-91)136-71-36-52(92)76(118)45(3)135-71)80(122)75-74(78(51)120)77(119)50-14-9-19-63(133-4)72(50)79(75)121)103-84(126)58(34-46-22-24-48(112)25-23-46)106-87(129)61(42-111)109-85(127)59(35-47-40-100-53-15-6-5-13-49(47)53)107-86(128)60(37-67-96-30-31-97-67)108-82(124)55-26-27-69(116)102-55/h5-6,9,13-15,19,22-25,30-31,40,44-45,52,54-62,64,71,76,100,111-112,118,120,122,132H,7-8,10-12,16-18,20-21,26-29,32-39,41-43,92H2,1-4H3,(H2,93,114)(H,96,97)(H,98,115)(H,101,130)(H,102,116)(H,103,126)(H,104,125)(H,105,123)(H,106,129)(H,107,128)(H,108,124)(H,109,127)(H4,94,95,99)/t45-,52?,54+,55-,56?,57?,58+,59-,60-,61-,62?,64-,71-,76+,91-/m0/s1. The highest BCUT2D eigenvalue weighted by molar-refractivity contribution is 6.31. The van der Waals surface area contributed by atoms with Crippen molar-refractivity contribution in [3.8, 4) is 23.0 Å². The first-order valence-corrected chi connectivity index (χ1v) is 44.9. The number of Topliss-reactive ketones (excluding diaryl/α,β-unsaturated/α-hetero) is 1. The van der Waals surface area contributed by atoms with Crippen LogP contribution < -0.4 is 80.4 Å². The van der Waals surface area contributed by atoms with Crippen molar-refractivity contribution < 1.29 is 126 Å². The molecule has 45 nitrogen and oxygen atoms in total. The van der Waals surface area contributed by atoms with Gasteiger partial charge >= 0.3 is 5.97 Å². The number of methoxy groups -OCH3 is 1. The van der Waals surface area contributed by atoms with Crippen molar-refractivity contribution in [1.82, 2.24) is 78.3 Å². The number of ether oxygens (including phenoxy) is 4. The molecule has 5 aliphatic rings. The topological polar surface area (TPSA) is 713 Å². The summed E-state index contributed by atoms with van der Waals surface area (Å²) >= 11 is 0. The summed E-state index contributed by atoms with van der Waals surface area (Å²) in [5.41, 5.74) is 13.7. The van der Waals surface area contributed by atoms with Gasteiger partial charge in [-0.2, -0.15) is 0 Å². The fourth-order valence-corrected chi connectivity index (χ4v) is 17.2. The summed E-state index contributed by atoms with van der Waals surface area (Å²) in [6, 6.07) is 2.45. The van der Waals surface area contributed by atoms with E-state index < -0.39 is 247 Å². The minimum Gasteiger partial charge on any atom is -0.508 e. The lowest BCUT2D eigenvalue weighted by molar-refractivity contribution is -0.247. The van der Waals surface area contributed by atoms with E-state index in [1.54, 1.807) is 44.3 Å². The monoisotopic (exact) mass is 1890 g/mol. The summed E-state index contributed by atoms with van der Waals surface area (Å²) in [5.74, 6) is -16.3. The molecular formula is C91H117N19O26. The van der Waals surface area contributed by atoms with Gasteiger partial charge in [-0.15, -0.1) is 0 Å². The Morgan fingerprint density at radius 2 is 1.34 bits per heavy atom. The van der Waals surface area contributed by atoms with Crippen LogP contribution in [0.5, 0.6) is 23.0 Å². The van der Waals surface area contributed by atoms with Gasteiger partial charge in [0.1, 0.15) is 88.8 Å². The molecule has 3 fully saturated rings. The highest BCUT2D eigenvalue weighted by Crippen LogP contribution is 2.53. The fourth-order valence-electron chi connectivity index (χ4n) is 17.2. The quantitative estimate of drug-likeness (QED) is 0.00603. The zero-order valence-corrected chi connectivity index (χ0v) is 75.4. The number of rotatable bonds is 46. The number of hydrogen-bond donors (Lipinski definition) is 23. The third kappa shape index (κ3) is 26.1. The second-order valence-electron chi connectivity index (χ2n) is 34.8. The molecule has 0 saturated carbocycles. The number of para-hydroxylation sites is 1. The van der Waals surface area contributed by atoms with E-state index >= 15 is 9.59 Å². The summed E-state index contributed by atoms with van der Waals surface area (Å²) in [6.07, 6.45) is -3.50. The Kier molecular flexibility index (Phi) is 35.2. The van der Waals surface area contributed by atoms with Crippen LogP contribution in [0.1, 0.15) is 183 Å². The molecule has 11 rings (SSSR count). The van der Waals surface area contributed by atoms with Crippen molar-refractivity contribution in [2.45, 2.75) is 233 Å². The molecule has 3 saturated heterocycles. The number of ketones is 3. The minimum absolute atomic E-state index is 0.00484. The molecule has 6 aromatic rings. The fraction of sp³-hybridized carbons (Fsp3) is 0.495. The number of primary amides is 1. The van der Waals surface area contributed by atoms with Crippen LogP contribution in [0.4, 0.5) is 0 Å². The first kappa shape index (κ1) is 102. The molecule has 3 aliphatic heterocycles. The number of fused-ring (bicyclic) bond motifs is 4. The van der Waals surface area contributed by atoms with Gasteiger partial charge in [-0.3, -0.25) is 82.1 Å². The lowest BCUT2D eigenvalue weighted by atomic mass is 9.72. The molecule has 732 valence electrons. The number of unbranched alkanes of at least 4 members (excludes halogenated alkanes) is 1. The van der Waals surface area contributed by atoms with Crippen molar-refractivity contribution in [1.29, 1.82) is 5.41 Å². The second kappa shape index (κ2) is 46.8. The smallest absolute Gasteiger partial charge is 0.306 e. The number of esters is 1. The summed E-state index contributed by atoms with van der Waals surface area (Å²) in [6.45, 7) is 2.25. The number of likely N-dealkylation sites (tertiary alicyclic amines) is 1. The van der Waals surface area contributed by atoms with Crippen LogP contribution in [0.2, 0.25) is 0 Å². The van der Waals surface area contributed by atoms with Crippen molar-refractivity contribution in [2.75, 3.05) is 46.5 Å². The summed E-state index contributed by atoms with van der Waals surface area (Å²) in [5, 5.41) is 106. The normalized spacial score (nSPS) is 20.3. The average molecular weight is 1890 g/mol. The number of carbonyl (C=O) groups excluding carboxylic acids is 16. The molecule has 0 radical (unpaired) electrons. The average Bonchev–Trinajstić information content (AvgIpc) is 0.863. The van der Waals surface area contributed by atoms with E-state index in [4.69, 9.17) is 41.6 Å². The van der Waals surface area contributed by atoms with Crippen molar-refractivity contribution in [3.63, 3.8) is 0 Å². The SMILES string of the molecule is COc1cccc2c1C(=O)c1c(O)c3c(c(O)c1C2=O)C[C@@](O)(C(=O)COC(=O)CCCC(=O)NCCCC[C@@H](NC(=O)[C@@H](Cc1ccc(O)cc1)NC(=O)[C@H](CO)NC(=O)[C@H](Cc1c[nH]c2ccccc12)NC(=O)[C@H](Cc1ncc[nH]1)NC(=O)[C@@H]1CCC(=O)N1)C(=O)NC(CC(C)C)C(=O)NC(CCCNC(=N)N)C(=O)N1CCCC1C(=O)NCC(N)=O)C[C@@H]3O[C@H]1CC(N)[C@H](O)[C@H](C)O1. The number of nitrogens with zero attached hydrogens (tertiary/aromatic N) is 2. The highest BCUT2D eigenvalue weighted by atomic mass is 16.7.